The van der Waals surface area contributed by atoms with Crippen LogP contribution in [0.5, 0.6) is 0 Å². The number of benzene rings is 1. The van der Waals surface area contributed by atoms with Gasteiger partial charge in [-0.2, -0.15) is 0 Å². The summed E-state index contributed by atoms with van der Waals surface area (Å²) in [6.45, 7) is 13.6. The monoisotopic (exact) mass is 348 g/mol. The minimum absolute atomic E-state index is 0.105. The van der Waals surface area contributed by atoms with Crippen molar-refractivity contribution in [1.82, 2.24) is 5.32 Å². The summed E-state index contributed by atoms with van der Waals surface area (Å²) in [5.41, 5.74) is 0.132. The summed E-state index contributed by atoms with van der Waals surface area (Å²) in [6.07, 6.45) is -0.509. The number of nitrogens with one attached hydrogen (secondary N) is 2. The van der Waals surface area contributed by atoms with Crippen LogP contribution in [-0.2, 0) is 4.79 Å². The highest BCUT2D eigenvalue weighted by Crippen LogP contribution is 2.25. The van der Waals surface area contributed by atoms with Crippen molar-refractivity contribution in [3.05, 3.63) is 29.8 Å². The Balaban J connectivity index is 2.77. The number of carbonyl (C=O) groups excluding carboxylic acids is 2. The van der Waals surface area contributed by atoms with Gasteiger partial charge in [-0.05, 0) is 24.1 Å². The van der Waals surface area contributed by atoms with Crippen LogP contribution in [0.4, 0.5) is 5.69 Å². The van der Waals surface area contributed by atoms with E-state index in [9.17, 15) is 14.7 Å². The van der Waals surface area contributed by atoms with E-state index in [0.717, 1.165) is 0 Å². The zero-order valence-electron chi connectivity index (χ0n) is 16.4. The molecule has 0 aliphatic carbocycles. The van der Waals surface area contributed by atoms with Gasteiger partial charge in [0.25, 0.3) is 5.91 Å². The summed E-state index contributed by atoms with van der Waals surface area (Å²) in [7, 11) is 0. The van der Waals surface area contributed by atoms with E-state index in [1.807, 2.05) is 48.5 Å². The molecule has 0 bridgehead atoms. The Morgan fingerprint density at radius 1 is 1.12 bits per heavy atom. The van der Waals surface area contributed by atoms with Crippen molar-refractivity contribution in [3.8, 4) is 0 Å². The molecule has 0 saturated carbocycles. The fourth-order valence-corrected chi connectivity index (χ4v) is 2.47. The zero-order chi connectivity index (χ0) is 19.4. The summed E-state index contributed by atoms with van der Waals surface area (Å²) in [4.78, 5) is 24.5. The summed E-state index contributed by atoms with van der Waals surface area (Å²) < 4.78 is 0. The summed E-state index contributed by atoms with van der Waals surface area (Å²) in [5, 5.41) is 16.0. The molecule has 0 fully saturated rings. The van der Waals surface area contributed by atoms with Gasteiger partial charge in [0.2, 0.25) is 5.91 Å². The van der Waals surface area contributed by atoms with Crippen molar-refractivity contribution in [3.63, 3.8) is 0 Å². The molecule has 0 radical (unpaired) electrons. The first-order valence-corrected chi connectivity index (χ1v) is 8.72. The minimum atomic E-state index is -0.509. The van der Waals surface area contributed by atoms with Crippen LogP contribution < -0.4 is 10.6 Å². The highest BCUT2D eigenvalue weighted by molar-refractivity contribution is 5.98. The van der Waals surface area contributed by atoms with E-state index in [1.165, 1.54) is 0 Å². The van der Waals surface area contributed by atoms with Gasteiger partial charge in [-0.1, -0.05) is 54.5 Å². The maximum Gasteiger partial charge on any atom is 0.251 e. The summed E-state index contributed by atoms with van der Waals surface area (Å²) in [5.74, 6) is -0.218. The SMILES string of the molecule is CC(C)C(O)C(C)(C)CNC(=O)c1cccc(NC(=O)C(C)(C)C)c1. The van der Waals surface area contributed by atoms with Crippen molar-refractivity contribution in [2.75, 3.05) is 11.9 Å². The third kappa shape index (κ3) is 6.16. The molecule has 1 rings (SSSR count). The van der Waals surface area contributed by atoms with Crippen LogP contribution >= 0.6 is 0 Å². The molecule has 5 nitrogen and oxygen atoms in total. The molecular weight excluding hydrogens is 316 g/mol. The number of carbonyl (C=O) groups is 2. The number of rotatable bonds is 6. The smallest absolute Gasteiger partial charge is 0.251 e. The molecule has 1 aromatic rings. The molecule has 25 heavy (non-hydrogen) atoms. The minimum Gasteiger partial charge on any atom is -0.392 e. The number of aliphatic hydroxyl groups is 1. The van der Waals surface area contributed by atoms with Crippen LogP contribution in [0.1, 0.15) is 58.8 Å². The van der Waals surface area contributed by atoms with Crippen LogP contribution in [0.25, 0.3) is 0 Å². The number of anilines is 1. The predicted molar refractivity (Wildman–Crippen MR) is 101 cm³/mol. The predicted octanol–water partition coefficient (Wildman–Crippen LogP) is 3.44. The normalized spacial score (nSPS) is 13.5. The number of hydrogen-bond donors (Lipinski definition) is 3. The molecule has 0 aliphatic rings. The standard InChI is InChI=1S/C20H32N2O3/c1-13(2)16(23)20(6,7)12-21-17(24)14-9-8-10-15(11-14)22-18(25)19(3,4)5/h8-11,13,16,23H,12H2,1-7H3,(H,21,24)(H,22,25). The molecule has 2 amide bonds. The van der Waals surface area contributed by atoms with Gasteiger partial charge in [0, 0.05) is 28.6 Å². The fraction of sp³-hybridized carbons (Fsp3) is 0.600. The molecule has 1 unspecified atom stereocenters. The van der Waals surface area contributed by atoms with E-state index in [4.69, 9.17) is 0 Å². The van der Waals surface area contributed by atoms with Gasteiger partial charge in [-0.3, -0.25) is 9.59 Å². The van der Waals surface area contributed by atoms with E-state index in [1.54, 1.807) is 24.3 Å². The molecule has 140 valence electrons. The fourth-order valence-electron chi connectivity index (χ4n) is 2.47. The molecule has 0 aromatic heterocycles. The Bertz CT molecular complexity index is 616. The lowest BCUT2D eigenvalue weighted by atomic mass is 9.80. The lowest BCUT2D eigenvalue weighted by Crippen LogP contribution is -2.43. The van der Waals surface area contributed by atoms with Gasteiger partial charge in [0.05, 0.1) is 6.10 Å². The highest BCUT2D eigenvalue weighted by Gasteiger charge is 2.30. The Kier molecular flexibility index (Phi) is 6.77. The lowest BCUT2D eigenvalue weighted by molar-refractivity contribution is -0.123. The molecule has 0 aliphatic heterocycles. The van der Waals surface area contributed by atoms with Crippen molar-refractivity contribution in [2.45, 2.75) is 54.6 Å². The number of hydrogen-bond acceptors (Lipinski definition) is 3. The average Bonchev–Trinajstić information content (AvgIpc) is 2.51. The van der Waals surface area contributed by atoms with Crippen molar-refractivity contribution >= 4 is 17.5 Å². The largest absolute Gasteiger partial charge is 0.392 e. The molecule has 3 N–H and O–H groups in total. The van der Waals surface area contributed by atoms with Gasteiger partial charge in [-0.25, -0.2) is 0 Å². The summed E-state index contributed by atoms with van der Waals surface area (Å²) in [6, 6.07) is 6.85. The molecule has 1 aromatic carbocycles. The van der Waals surface area contributed by atoms with Crippen molar-refractivity contribution in [2.24, 2.45) is 16.7 Å². The Morgan fingerprint density at radius 3 is 2.24 bits per heavy atom. The molecule has 0 heterocycles. The Morgan fingerprint density at radius 2 is 1.72 bits per heavy atom. The van der Waals surface area contributed by atoms with Crippen molar-refractivity contribution < 1.29 is 14.7 Å². The van der Waals surface area contributed by atoms with Crippen LogP contribution in [0.3, 0.4) is 0 Å². The Labute approximate surface area is 151 Å². The second-order valence-corrected chi connectivity index (χ2v) is 8.65. The first-order chi connectivity index (χ1) is 11.3. The maximum atomic E-state index is 12.4. The first-order valence-electron chi connectivity index (χ1n) is 8.72. The van der Waals surface area contributed by atoms with Gasteiger partial charge >= 0.3 is 0 Å². The molecular formula is C20H32N2O3. The third-order valence-electron chi connectivity index (χ3n) is 4.20. The molecule has 1 atom stereocenters. The maximum absolute atomic E-state index is 12.4. The van der Waals surface area contributed by atoms with Gasteiger partial charge < -0.3 is 15.7 Å². The summed E-state index contributed by atoms with van der Waals surface area (Å²) >= 11 is 0. The van der Waals surface area contributed by atoms with Crippen molar-refractivity contribution in [1.29, 1.82) is 0 Å². The second-order valence-electron chi connectivity index (χ2n) is 8.65. The average molecular weight is 348 g/mol. The van der Waals surface area contributed by atoms with E-state index < -0.39 is 16.9 Å². The second kappa shape index (κ2) is 8.00. The van der Waals surface area contributed by atoms with Crippen LogP contribution in [-0.4, -0.2) is 29.6 Å². The number of aliphatic hydroxyl groups excluding tert-OH is 1. The van der Waals surface area contributed by atoms with E-state index in [0.29, 0.717) is 17.8 Å². The van der Waals surface area contributed by atoms with Gasteiger partial charge in [-0.15, -0.1) is 0 Å². The third-order valence-corrected chi connectivity index (χ3v) is 4.20. The Hall–Kier alpha value is -1.88. The first kappa shape index (κ1) is 21.2. The van der Waals surface area contributed by atoms with E-state index in [2.05, 4.69) is 10.6 Å². The molecule has 5 heteroatoms. The van der Waals surface area contributed by atoms with Crippen LogP contribution in [0.2, 0.25) is 0 Å². The highest BCUT2D eigenvalue weighted by atomic mass is 16.3. The molecule has 0 saturated heterocycles. The number of amides is 2. The molecule has 0 spiro atoms. The van der Waals surface area contributed by atoms with Crippen LogP contribution in [0, 0.1) is 16.7 Å². The quantitative estimate of drug-likeness (QED) is 0.737. The topological polar surface area (TPSA) is 78.4 Å². The van der Waals surface area contributed by atoms with E-state index in [-0.39, 0.29) is 17.7 Å². The lowest BCUT2D eigenvalue weighted by Gasteiger charge is -2.33. The van der Waals surface area contributed by atoms with Crippen LogP contribution in [0.15, 0.2) is 24.3 Å². The zero-order valence-corrected chi connectivity index (χ0v) is 16.4. The van der Waals surface area contributed by atoms with Gasteiger partial charge in [0.1, 0.15) is 0 Å². The van der Waals surface area contributed by atoms with Gasteiger partial charge in [0.15, 0.2) is 0 Å². The van der Waals surface area contributed by atoms with E-state index >= 15 is 0 Å².